The lowest BCUT2D eigenvalue weighted by Gasteiger charge is -2.25. The van der Waals surface area contributed by atoms with Gasteiger partial charge in [-0.05, 0) is 60.9 Å². The minimum atomic E-state index is -4.24. The van der Waals surface area contributed by atoms with Crippen LogP contribution < -0.4 is 8.92 Å². The van der Waals surface area contributed by atoms with Crippen LogP contribution in [0.4, 0.5) is 0 Å². The number of rotatable bonds is 9. The van der Waals surface area contributed by atoms with Gasteiger partial charge in [0, 0.05) is 19.7 Å². The first kappa shape index (κ1) is 25.4. The number of carbonyl (C=O) groups excluding carboxylic acids is 1. The summed E-state index contributed by atoms with van der Waals surface area (Å²) in [5, 5.41) is 0.302. The normalized spacial score (nSPS) is 15.7. The molecule has 1 amide bonds. The number of ether oxygens (including phenoxy) is 2. The van der Waals surface area contributed by atoms with E-state index in [-0.39, 0.29) is 50.8 Å². The Kier molecular flexibility index (Phi) is 7.91. The Morgan fingerprint density at radius 3 is 2.60 bits per heavy atom. The maximum atomic E-state index is 13.1. The predicted octanol–water partition coefficient (Wildman–Crippen LogP) is 5.18. The molecule has 0 unspecified atom stereocenters. The fourth-order valence-electron chi connectivity index (χ4n) is 3.71. The Morgan fingerprint density at radius 1 is 1.11 bits per heavy atom. The van der Waals surface area contributed by atoms with Crippen molar-refractivity contribution in [2.75, 3.05) is 20.3 Å². The average Bonchev–Trinajstić information content (AvgIpc) is 3.54. The van der Waals surface area contributed by atoms with Gasteiger partial charge in [0.05, 0.1) is 29.5 Å². The lowest BCUT2D eigenvalue weighted by atomic mass is 10.1. The van der Waals surface area contributed by atoms with Crippen molar-refractivity contribution < 1.29 is 31.3 Å². The summed E-state index contributed by atoms with van der Waals surface area (Å²) in [5.41, 5.74) is 0.628. The molecule has 0 N–H and O–H groups in total. The number of hydrogen-bond acceptors (Lipinski definition) is 7. The third kappa shape index (κ3) is 6.10. The summed E-state index contributed by atoms with van der Waals surface area (Å²) in [4.78, 5) is 14.5. The molecule has 1 aromatic heterocycles. The number of furan rings is 1. The van der Waals surface area contributed by atoms with Gasteiger partial charge < -0.3 is 23.0 Å². The van der Waals surface area contributed by atoms with Gasteiger partial charge in [-0.3, -0.25) is 4.79 Å². The maximum Gasteiger partial charge on any atom is 0.339 e. The van der Waals surface area contributed by atoms with Gasteiger partial charge in [-0.25, -0.2) is 0 Å². The van der Waals surface area contributed by atoms with Crippen molar-refractivity contribution in [1.82, 2.24) is 4.90 Å². The van der Waals surface area contributed by atoms with Crippen molar-refractivity contribution in [3.8, 4) is 11.5 Å². The number of halogens is 2. The Balaban J connectivity index is 1.60. The summed E-state index contributed by atoms with van der Waals surface area (Å²) in [6.07, 6.45) is 3.13. The summed E-state index contributed by atoms with van der Waals surface area (Å²) in [7, 11) is -2.84. The molecule has 1 aliphatic rings. The number of carbonyl (C=O) groups is 1. The van der Waals surface area contributed by atoms with Gasteiger partial charge in [0.15, 0.2) is 17.3 Å². The van der Waals surface area contributed by atoms with Gasteiger partial charge in [0.25, 0.3) is 5.91 Å². The summed E-state index contributed by atoms with van der Waals surface area (Å²) >= 11 is 11.9. The second-order valence-corrected chi connectivity index (χ2v) is 10.3. The molecule has 0 aliphatic carbocycles. The number of methoxy groups -OCH3 is 1. The highest BCUT2D eigenvalue weighted by molar-refractivity contribution is 7.87. The molecule has 2 heterocycles. The largest absolute Gasteiger partial charge is 0.493 e. The van der Waals surface area contributed by atoms with E-state index in [2.05, 4.69) is 0 Å². The molecule has 3 aromatic rings. The van der Waals surface area contributed by atoms with E-state index in [1.165, 1.54) is 37.6 Å². The van der Waals surface area contributed by atoms with E-state index in [9.17, 15) is 13.2 Å². The van der Waals surface area contributed by atoms with Gasteiger partial charge in [-0.15, -0.1) is 0 Å². The first-order valence-electron chi connectivity index (χ1n) is 10.8. The molecule has 0 spiro atoms. The number of benzene rings is 2. The number of hydrogen-bond donors (Lipinski definition) is 0. The zero-order chi connectivity index (χ0) is 25.0. The number of amides is 1. The van der Waals surface area contributed by atoms with Crippen LogP contribution in [0.3, 0.4) is 0 Å². The molecule has 1 aliphatic heterocycles. The Labute approximate surface area is 213 Å². The molecule has 2 aromatic carbocycles. The Bertz CT molecular complexity index is 1290. The molecule has 0 radical (unpaired) electrons. The molecule has 0 saturated carbocycles. The predicted molar refractivity (Wildman–Crippen MR) is 130 cm³/mol. The monoisotopic (exact) mass is 539 g/mol. The van der Waals surface area contributed by atoms with E-state index in [0.717, 1.165) is 12.8 Å². The highest BCUT2D eigenvalue weighted by Gasteiger charge is 2.26. The van der Waals surface area contributed by atoms with Crippen LogP contribution in [0.25, 0.3) is 0 Å². The van der Waals surface area contributed by atoms with Gasteiger partial charge >= 0.3 is 10.1 Å². The topological polar surface area (TPSA) is 95.3 Å². The maximum absolute atomic E-state index is 13.1. The highest BCUT2D eigenvalue weighted by atomic mass is 35.5. The fourth-order valence-corrected chi connectivity index (χ4v) is 5.04. The summed E-state index contributed by atoms with van der Waals surface area (Å²) in [6.45, 7) is 1.19. The average molecular weight is 540 g/mol. The van der Waals surface area contributed by atoms with Crippen LogP contribution in [0.1, 0.15) is 29.0 Å². The van der Waals surface area contributed by atoms with E-state index in [4.69, 9.17) is 41.3 Å². The van der Waals surface area contributed by atoms with Crippen LogP contribution in [0, 0.1) is 0 Å². The van der Waals surface area contributed by atoms with E-state index >= 15 is 0 Å². The van der Waals surface area contributed by atoms with E-state index < -0.39 is 10.1 Å². The zero-order valence-electron chi connectivity index (χ0n) is 18.8. The van der Waals surface area contributed by atoms with Gasteiger partial charge in [0.2, 0.25) is 0 Å². The van der Waals surface area contributed by atoms with E-state index in [1.54, 1.807) is 29.2 Å². The summed E-state index contributed by atoms with van der Waals surface area (Å²) in [5.74, 6) is 0.0846. The zero-order valence-corrected chi connectivity index (χ0v) is 21.1. The molecule has 1 saturated heterocycles. The molecule has 1 fully saturated rings. The Hall–Kier alpha value is -2.72. The quantitative estimate of drug-likeness (QED) is 0.345. The fraction of sp³-hybridized carbons (Fsp3) is 0.292. The third-order valence-corrected chi connectivity index (χ3v) is 7.42. The first-order chi connectivity index (χ1) is 16.8. The smallest absolute Gasteiger partial charge is 0.339 e. The Morgan fingerprint density at radius 2 is 1.94 bits per heavy atom. The molecule has 8 nitrogen and oxygen atoms in total. The molecule has 35 heavy (non-hydrogen) atoms. The van der Waals surface area contributed by atoms with Crippen LogP contribution in [-0.2, 0) is 21.4 Å². The van der Waals surface area contributed by atoms with Crippen LogP contribution >= 0.6 is 23.2 Å². The molecule has 186 valence electrons. The second kappa shape index (κ2) is 10.9. The van der Waals surface area contributed by atoms with Crippen molar-refractivity contribution in [3.05, 3.63) is 76.2 Å². The second-order valence-electron chi connectivity index (χ2n) is 7.90. The van der Waals surface area contributed by atoms with Crippen LogP contribution in [0.2, 0.25) is 10.0 Å². The van der Waals surface area contributed by atoms with Gasteiger partial charge in [-0.2, -0.15) is 8.42 Å². The van der Waals surface area contributed by atoms with Crippen molar-refractivity contribution >= 4 is 39.2 Å². The third-order valence-electron chi connectivity index (χ3n) is 5.45. The van der Waals surface area contributed by atoms with Gasteiger partial charge in [0.1, 0.15) is 4.90 Å². The molecule has 1 atom stereocenters. The molecule has 11 heteroatoms. The van der Waals surface area contributed by atoms with Crippen LogP contribution in [0.15, 0.2) is 64.1 Å². The molecule has 4 rings (SSSR count). The van der Waals surface area contributed by atoms with Crippen molar-refractivity contribution in [2.45, 2.75) is 30.4 Å². The van der Waals surface area contributed by atoms with Crippen molar-refractivity contribution in [3.63, 3.8) is 0 Å². The van der Waals surface area contributed by atoms with Crippen molar-refractivity contribution in [1.29, 1.82) is 0 Å². The van der Waals surface area contributed by atoms with E-state index in [1.807, 2.05) is 0 Å². The standard InChI is InChI=1S/C24H23Cl2NO7S/c1-31-21-9-6-16(12-23(21)34-35(29,30)18-7-8-19(25)20(26)13-18)14-27(15-17-4-2-10-32-17)24(28)22-5-3-11-33-22/h3,5-9,11-13,17H,2,4,10,14-15H2,1H3/t17-/m1/s1. The minimum absolute atomic E-state index is 0.0291. The molecular formula is C24H23Cl2NO7S. The van der Waals surface area contributed by atoms with Gasteiger partial charge in [-0.1, -0.05) is 29.3 Å². The minimum Gasteiger partial charge on any atom is -0.493 e. The SMILES string of the molecule is COc1ccc(CN(C[C@H]2CCCO2)C(=O)c2ccco2)cc1OS(=O)(=O)c1ccc(Cl)c(Cl)c1. The summed E-state index contributed by atoms with van der Waals surface area (Å²) in [6, 6.07) is 11.9. The lowest BCUT2D eigenvalue weighted by Crippen LogP contribution is -2.36. The van der Waals surface area contributed by atoms with Crippen molar-refractivity contribution in [2.24, 2.45) is 0 Å². The molecule has 0 bridgehead atoms. The van der Waals surface area contributed by atoms with Crippen LogP contribution in [-0.4, -0.2) is 45.6 Å². The lowest BCUT2D eigenvalue weighted by molar-refractivity contribution is 0.0484. The highest BCUT2D eigenvalue weighted by Crippen LogP contribution is 2.33. The molecular weight excluding hydrogens is 517 g/mol. The first-order valence-corrected chi connectivity index (χ1v) is 12.9. The van der Waals surface area contributed by atoms with Crippen LogP contribution in [0.5, 0.6) is 11.5 Å². The summed E-state index contributed by atoms with van der Waals surface area (Å²) < 4.78 is 47.5. The number of nitrogens with zero attached hydrogens (tertiary/aromatic N) is 1. The van der Waals surface area contributed by atoms with E-state index in [0.29, 0.717) is 18.7 Å².